The molecule has 1 nitrogen and oxygen atoms in total. The van der Waals surface area contributed by atoms with E-state index in [0.717, 1.165) is 12.8 Å². The van der Waals surface area contributed by atoms with Crippen molar-refractivity contribution in [2.45, 2.75) is 26.2 Å². The van der Waals surface area contributed by atoms with Crippen LogP contribution in [0.3, 0.4) is 0 Å². The van der Waals surface area contributed by atoms with Crippen LogP contribution in [0.5, 0.6) is 0 Å². The maximum atomic E-state index is 13.5. The third kappa shape index (κ3) is 2.02. The van der Waals surface area contributed by atoms with E-state index in [1.165, 1.54) is 12.1 Å². The smallest absolute Gasteiger partial charge is 0.129 e. The molecule has 1 aromatic carbocycles. The van der Waals surface area contributed by atoms with Crippen LogP contribution in [0.1, 0.15) is 24.0 Å². The fraction of sp³-hybridized carbons (Fsp3) is 0.500. The molecule has 1 aromatic rings. The SMILES string of the molecule is Cc1cc(F)c(CC2(CN)CC2)c(F)c1. The number of nitrogens with two attached hydrogens (primary N) is 1. The van der Waals surface area contributed by atoms with Crippen molar-refractivity contribution in [3.05, 3.63) is 34.9 Å². The average molecular weight is 211 g/mol. The van der Waals surface area contributed by atoms with Crippen LogP contribution in [0.15, 0.2) is 12.1 Å². The second kappa shape index (κ2) is 3.56. The Morgan fingerprint density at radius 1 is 1.27 bits per heavy atom. The quantitative estimate of drug-likeness (QED) is 0.817. The number of hydrogen-bond donors (Lipinski definition) is 1. The summed E-state index contributed by atoms with van der Waals surface area (Å²) < 4.78 is 27.0. The largest absolute Gasteiger partial charge is 0.330 e. The lowest BCUT2D eigenvalue weighted by Gasteiger charge is -2.13. The molecule has 15 heavy (non-hydrogen) atoms. The fourth-order valence-electron chi connectivity index (χ4n) is 1.90. The molecule has 1 saturated carbocycles. The van der Waals surface area contributed by atoms with E-state index in [1.807, 2.05) is 0 Å². The lowest BCUT2D eigenvalue weighted by molar-refractivity contribution is 0.474. The molecule has 0 heterocycles. The summed E-state index contributed by atoms with van der Waals surface area (Å²) in [6.45, 7) is 2.20. The van der Waals surface area contributed by atoms with Gasteiger partial charge in [0.1, 0.15) is 11.6 Å². The highest BCUT2D eigenvalue weighted by Crippen LogP contribution is 2.47. The van der Waals surface area contributed by atoms with Crippen LogP contribution in [-0.2, 0) is 6.42 Å². The van der Waals surface area contributed by atoms with Crippen LogP contribution in [0, 0.1) is 24.0 Å². The summed E-state index contributed by atoms with van der Waals surface area (Å²) in [7, 11) is 0. The Morgan fingerprint density at radius 3 is 2.20 bits per heavy atom. The van der Waals surface area contributed by atoms with Crippen LogP contribution in [0.25, 0.3) is 0 Å². The van der Waals surface area contributed by atoms with Gasteiger partial charge in [-0.2, -0.15) is 0 Å². The molecule has 0 unspecified atom stereocenters. The maximum Gasteiger partial charge on any atom is 0.129 e. The van der Waals surface area contributed by atoms with Crippen LogP contribution in [-0.4, -0.2) is 6.54 Å². The monoisotopic (exact) mass is 211 g/mol. The Hall–Kier alpha value is -0.960. The van der Waals surface area contributed by atoms with Gasteiger partial charge in [-0.1, -0.05) is 0 Å². The third-order valence-electron chi connectivity index (χ3n) is 3.23. The highest BCUT2D eigenvalue weighted by atomic mass is 19.1. The predicted octanol–water partition coefficient (Wildman–Crippen LogP) is 2.55. The molecule has 0 aliphatic heterocycles. The van der Waals surface area contributed by atoms with Crippen LogP contribution >= 0.6 is 0 Å². The minimum absolute atomic E-state index is 0.0308. The summed E-state index contributed by atoms with van der Waals surface area (Å²) in [6.07, 6.45) is 2.40. The molecule has 0 aromatic heterocycles. The second-order valence-corrected chi connectivity index (χ2v) is 4.59. The zero-order valence-corrected chi connectivity index (χ0v) is 8.82. The van der Waals surface area contributed by atoms with E-state index in [4.69, 9.17) is 5.73 Å². The Bertz CT molecular complexity index is 360. The van der Waals surface area contributed by atoms with Gasteiger partial charge >= 0.3 is 0 Å². The van der Waals surface area contributed by atoms with Gasteiger partial charge in [-0.15, -0.1) is 0 Å². The summed E-state index contributed by atoms with van der Waals surface area (Å²) in [5.41, 5.74) is 6.39. The zero-order valence-electron chi connectivity index (χ0n) is 8.82. The number of halogens is 2. The van der Waals surface area contributed by atoms with Crippen molar-refractivity contribution >= 4 is 0 Å². The molecular formula is C12H15F2N. The van der Waals surface area contributed by atoms with E-state index in [-0.39, 0.29) is 11.0 Å². The van der Waals surface area contributed by atoms with Gasteiger partial charge in [-0.3, -0.25) is 0 Å². The van der Waals surface area contributed by atoms with Gasteiger partial charge < -0.3 is 5.73 Å². The molecule has 2 N–H and O–H groups in total. The first-order valence-corrected chi connectivity index (χ1v) is 5.21. The number of hydrogen-bond acceptors (Lipinski definition) is 1. The minimum atomic E-state index is -0.438. The Kier molecular flexibility index (Phi) is 2.51. The lowest BCUT2D eigenvalue weighted by Crippen LogP contribution is -2.19. The normalized spacial score (nSPS) is 17.9. The van der Waals surface area contributed by atoms with Crippen molar-refractivity contribution in [3.8, 4) is 0 Å². The third-order valence-corrected chi connectivity index (χ3v) is 3.23. The molecule has 3 heteroatoms. The van der Waals surface area contributed by atoms with Crippen LogP contribution in [0.2, 0.25) is 0 Å². The van der Waals surface area contributed by atoms with E-state index in [0.29, 0.717) is 18.5 Å². The second-order valence-electron chi connectivity index (χ2n) is 4.59. The van der Waals surface area contributed by atoms with E-state index in [2.05, 4.69) is 0 Å². The zero-order chi connectivity index (χ0) is 11.1. The molecule has 0 saturated heterocycles. The molecule has 0 atom stereocenters. The Balaban J connectivity index is 2.28. The van der Waals surface area contributed by atoms with Gasteiger partial charge in [0.05, 0.1) is 0 Å². The standard InChI is InChI=1S/C12H15F2N/c1-8-4-10(13)9(11(14)5-8)6-12(7-15)2-3-12/h4-5H,2-3,6-7,15H2,1H3. The number of aryl methyl sites for hydroxylation is 1. The molecule has 0 bridgehead atoms. The molecule has 1 aliphatic carbocycles. The molecule has 1 fully saturated rings. The van der Waals surface area contributed by atoms with Crippen LogP contribution < -0.4 is 5.73 Å². The maximum absolute atomic E-state index is 13.5. The van der Waals surface area contributed by atoms with E-state index in [9.17, 15) is 8.78 Å². The van der Waals surface area contributed by atoms with E-state index < -0.39 is 11.6 Å². The van der Waals surface area contributed by atoms with Gasteiger partial charge in [0.25, 0.3) is 0 Å². The highest BCUT2D eigenvalue weighted by Gasteiger charge is 2.42. The number of rotatable bonds is 3. The van der Waals surface area contributed by atoms with Gasteiger partial charge in [0.15, 0.2) is 0 Å². The molecule has 1 aliphatic rings. The van der Waals surface area contributed by atoms with Crippen molar-refractivity contribution in [2.24, 2.45) is 11.1 Å². The van der Waals surface area contributed by atoms with Crippen molar-refractivity contribution in [2.75, 3.05) is 6.54 Å². The summed E-state index contributed by atoms with van der Waals surface area (Å²) in [5.74, 6) is -0.876. The minimum Gasteiger partial charge on any atom is -0.330 e. The summed E-state index contributed by atoms with van der Waals surface area (Å²) in [4.78, 5) is 0. The highest BCUT2D eigenvalue weighted by molar-refractivity contribution is 5.27. The Labute approximate surface area is 88.3 Å². The van der Waals surface area contributed by atoms with Gasteiger partial charge in [-0.05, 0) is 55.8 Å². The van der Waals surface area contributed by atoms with Crippen molar-refractivity contribution in [1.29, 1.82) is 0 Å². The van der Waals surface area contributed by atoms with Gasteiger partial charge in [0, 0.05) is 5.56 Å². The molecular weight excluding hydrogens is 196 g/mol. The summed E-state index contributed by atoms with van der Waals surface area (Å²) in [6, 6.07) is 2.76. The fourth-order valence-corrected chi connectivity index (χ4v) is 1.90. The number of benzene rings is 1. The first-order valence-electron chi connectivity index (χ1n) is 5.21. The summed E-state index contributed by atoms with van der Waals surface area (Å²) >= 11 is 0. The van der Waals surface area contributed by atoms with Crippen molar-refractivity contribution in [3.63, 3.8) is 0 Å². The predicted molar refractivity (Wildman–Crippen MR) is 55.5 cm³/mol. The van der Waals surface area contributed by atoms with Gasteiger partial charge in [0.2, 0.25) is 0 Å². The first-order chi connectivity index (χ1) is 7.06. The van der Waals surface area contributed by atoms with Crippen molar-refractivity contribution < 1.29 is 8.78 Å². The topological polar surface area (TPSA) is 26.0 Å². The average Bonchev–Trinajstić information content (AvgIpc) is 2.92. The molecule has 0 spiro atoms. The van der Waals surface area contributed by atoms with E-state index in [1.54, 1.807) is 6.92 Å². The van der Waals surface area contributed by atoms with Crippen molar-refractivity contribution in [1.82, 2.24) is 0 Å². The molecule has 0 amide bonds. The lowest BCUT2D eigenvalue weighted by atomic mass is 9.95. The van der Waals surface area contributed by atoms with E-state index >= 15 is 0 Å². The van der Waals surface area contributed by atoms with Gasteiger partial charge in [-0.25, -0.2) is 8.78 Å². The molecule has 2 rings (SSSR count). The first kappa shape index (κ1) is 10.6. The Morgan fingerprint density at radius 2 is 1.80 bits per heavy atom. The summed E-state index contributed by atoms with van der Waals surface area (Å²) in [5, 5.41) is 0. The molecule has 82 valence electrons. The van der Waals surface area contributed by atoms with Crippen LogP contribution in [0.4, 0.5) is 8.78 Å². The molecule has 0 radical (unpaired) electrons.